The maximum absolute atomic E-state index is 2.50. The Labute approximate surface area is 338 Å². The lowest BCUT2D eigenvalue weighted by Gasteiger charge is -2.32. The molecule has 0 fully saturated rings. The molecular weight excluding hydrogens is 703 g/mol. The summed E-state index contributed by atoms with van der Waals surface area (Å²) in [5.74, 6) is 0. The van der Waals surface area contributed by atoms with Crippen LogP contribution in [0.15, 0.2) is 182 Å². The van der Waals surface area contributed by atoms with Crippen LogP contribution in [0.25, 0.3) is 44.5 Å². The van der Waals surface area contributed by atoms with Crippen LogP contribution in [0.1, 0.15) is 47.2 Å². The summed E-state index contributed by atoms with van der Waals surface area (Å²) in [6.07, 6.45) is 0. The fourth-order valence-corrected chi connectivity index (χ4v) is 11.6. The SMILES string of the molecule is CC1(C)c2ccccc2-c2ccc(N(c3ccc(-c4ccc([Si-](C)(C)C)cc4)cc3)c3ccc4c(c3)C3(c5ccccc5-c5ccccc53)c3ccccc3-4)cc21. The van der Waals surface area contributed by atoms with Gasteiger partial charge in [-0.1, -0.05) is 159 Å². The molecule has 1 spiro atoms. The number of anilines is 3. The molecule has 0 heterocycles. The lowest BCUT2D eigenvalue weighted by atomic mass is 9.70. The summed E-state index contributed by atoms with van der Waals surface area (Å²) in [4.78, 5) is 2.49. The fourth-order valence-electron chi connectivity index (χ4n) is 10.5. The van der Waals surface area contributed by atoms with Gasteiger partial charge in [-0.25, -0.2) is 0 Å². The first-order chi connectivity index (χ1) is 27.7. The third-order valence-electron chi connectivity index (χ3n) is 13.3. The van der Waals surface area contributed by atoms with Crippen molar-refractivity contribution in [1.29, 1.82) is 0 Å². The monoisotopic (exact) mass is 747 g/mol. The molecule has 0 atom stereocenters. The van der Waals surface area contributed by atoms with E-state index in [-0.39, 0.29) is 5.41 Å². The molecule has 8 aromatic carbocycles. The summed E-state index contributed by atoms with van der Waals surface area (Å²) < 4.78 is 0. The first-order valence-corrected chi connectivity index (χ1v) is 23.8. The minimum Gasteiger partial charge on any atom is -0.310 e. The molecule has 0 radical (unpaired) electrons. The molecule has 0 aliphatic heterocycles. The first-order valence-electron chi connectivity index (χ1n) is 20.3. The Morgan fingerprint density at radius 2 is 0.719 bits per heavy atom. The summed E-state index contributed by atoms with van der Waals surface area (Å²) in [5.41, 5.74) is 21.6. The van der Waals surface area contributed by atoms with Crippen LogP contribution in [-0.4, -0.2) is 8.07 Å². The number of nitrogens with zero attached hydrogens (tertiary/aromatic N) is 1. The lowest BCUT2D eigenvalue weighted by molar-refractivity contribution is 0.660. The smallest absolute Gasteiger partial charge is 0.0726 e. The van der Waals surface area contributed by atoms with Crippen LogP contribution in [0.4, 0.5) is 17.1 Å². The van der Waals surface area contributed by atoms with Gasteiger partial charge < -0.3 is 4.90 Å². The van der Waals surface area contributed by atoms with E-state index in [2.05, 4.69) is 220 Å². The summed E-state index contributed by atoms with van der Waals surface area (Å²) in [6, 6.07) is 69.0. The largest absolute Gasteiger partial charge is 0.310 e. The molecule has 2 heteroatoms. The van der Waals surface area contributed by atoms with Gasteiger partial charge in [-0.3, -0.25) is 0 Å². The quantitative estimate of drug-likeness (QED) is 0.159. The molecule has 0 saturated carbocycles. The Kier molecular flexibility index (Phi) is 7.25. The first kappa shape index (κ1) is 34.1. The Morgan fingerprint density at radius 3 is 1.21 bits per heavy atom. The number of rotatable bonds is 5. The Morgan fingerprint density at radius 1 is 0.351 bits per heavy atom. The van der Waals surface area contributed by atoms with Crippen LogP contribution < -0.4 is 10.1 Å². The predicted octanol–water partition coefficient (Wildman–Crippen LogP) is 14.0. The number of hydrogen-bond acceptors (Lipinski definition) is 1. The van der Waals surface area contributed by atoms with Crippen LogP contribution in [0.2, 0.25) is 19.6 Å². The van der Waals surface area contributed by atoms with Gasteiger partial charge in [0, 0.05) is 22.5 Å². The van der Waals surface area contributed by atoms with E-state index in [1.54, 1.807) is 0 Å². The van der Waals surface area contributed by atoms with Crippen molar-refractivity contribution in [2.45, 2.75) is 44.3 Å². The van der Waals surface area contributed by atoms with E-state index < -0.39 is 13.5 Å². The average Bonchev–Trinajstić information content (AvgIpc) is 3.79. The zero-order valence-electron chi connectivity index (χ0n) is 33.3. The molecule has 11 rings (SSSR count). The molecule has 0 aromatic heterocycles. The van der Waals surface area contributed by atoms with Crippen molar-refractivity contribution in [2.75, 3.05) is 4.90 Å². The van der Waals surface area contributed by atoms with Gasteiger partial charge in [-0.05, 0) is 114 Å². The topological polar surface area (TPSA) is 3.24 Å². The normalized spacial score (nSPS) is 14.7. The van der Waals surface area contributed by atoms with Crippen molar-refractivity contribution in [3.8, 4) is 44.5 Å². The van der Waals surface area contributed by atoms with E-state index in [1.165, 1.54) is 88.8 Å². The summed E-state index contributed by atoms with van der Waals surface area (Å²) in [6.45, 7) is 12.0. The molecule has 0 unspecified atom stereocenters. The van der Waals surface area contributed by atoms with Crippen LogP contribution >= 0.6 is 0 Å². The highest BCUT2D eigenvalue weighted by molar-refractivity contribution is 6.88. The van der Waals surface area contributed by atoms with Crippen molar-refractivity contribution >= 4 is 30.3 Å². The van der Waals surface area contributed by atoms with Gasteiger partial charge >= 0.3 is 0 Å². The third-order valence-corrected chi connectivity index (χ3v) is 15.3. The van der Waals surface area contributed by atoms with E-state index in [9.17, 15) is 0 Å². The second kappa shape index (κ2) is 12.1. The molecule has 3 aliphatic carbocycles. The van der Waals surface area contributed by atoms with Gasteiger partial charge in [-0.2, -0.15) is 24.8 Å². The predicted molar refractivity (Wildman–Crippen MR) is 243 cm³/mol. The number of hydrogen-bond donors (Lipinski definition) is 0. The van der Waals surface area contributed by atoms with Crippen LogP contribution in [0.3, 0.4) is 0 Å². The minimum absolute atomic E-state index is 0.111. The van der Waals surface area contributed by atoms with Gasteiger partial charge in [0.1, 0.15) is 0 Å². The van der Waals surface area contributed by atoms with E-state index in [4.69, 9.17) is 0 Å². The van der Waals surface area contributed by atoms with Gasteiger partial charge in [-0.15, -0.1) is 8.07 Å². The van der Waals surface area contributed by atoms with Crippen molar-refractivity contribution in [2.24, 2.45) is 0 Å². The highest BCUT2D eigenvalue weighted by Gasteiger charge is 2.51. The molecule has 0 saturated heterocycles. The summed E-state index contributed by atoms with van der Waals surface area (Å²) in [5, 5.41) is 1.49. The fraction of sp³-hybridized carbons (Fsp3) is 0.127. The van der Waals surface area contributed by atoms with E-state index in [0.717, 1.165) is 11.4 Å². The highest BCUT2D eigenvalue weighted by Crippen LogP contribution is 2.63. The van der Waals surface area contributed by atoms with Gasteiger partial charge in [0.05, 0.1) is 5.41 Å². The van der Waals surface area contributed by atoms with E-state index in [1.807, 2.05) is 0 Å². The standard InChI is InChI=1S/C55H45NSi/c1-54(2)48-18-10-6-14-42(48)46-32-28-39(34-52(46)54)56(38-26-22-36(23-27-38)37-24-30-41(31-25-37)57(3,4)5)40-29-33-47-45-17-9-13-21-51(45)55(53(47)35-40)49-19-11-7-15-43(49)44-16-8-12-20-50(44)55/h6-35H,1-5H3/q-1. The number of fused-ring (bicyclic) bond motifs is 13. The second-order valence-electron chi connectivity index (χ2n) is 17.7. The molecule has 0 bridgehead atoms. The van der Waals surface area contributed by atoms with Gasteiger partial charge in [0.2, 0.25) is 0 Å². The van der Waals surface area contributed by atoms with Gasteiger partial charge in [0.25, 0.3) is 0 Å². The van der Waals surface area contributed by atoms with Crippen LogP contribution in [0.5, 0.6) is 0 Å². The molecular formula is C55H45NSi-. The molecule has 1 nitrogen and oxygen atoms in total. The van der Waals surface area contributed by atoms with E-state index in [0.29, 0.717) is 0 Å². The van der Waals surface area contributed by atoms with Gasteiger partial charge in [0.15, 0.2) is 0 Å². The van der Waals surface area contributed by atoms with Crippen molar-refractivity contribution in [3.05, 3.63) is 215 Å². The maximum Gasteiger partial charge on any atom is 0.0726 e. The van der Waals surface area contributed by atoms with Crippen molar-refractivity contribution in [3.63, 3.8) is 0 Å². The Balaban J connectivity index is 1.12. The van der Waals surface area contributed by atoms with E-state index >= 15 is 0 Å². The summed E-state index contributed by atoms with van der Waals surface area (Å²) in [7, 11) is -1.38. The average molecular weight is 748 g/mol. The lowest BCUT2D eigenvalue weighted by Crippen LogP contribution is -2.37. The Hall–Kier alpha value is -6.22. The summed E-state index contributed by atoms with van der Waals surface area (Å²) >= 11 is 0. The van der Waals surface area contributed by atoms with Crippen LogP contribution in [0, 0.1) is 0 Å². The number of benzene rings is 8. The molecule has 0 amide bonds. The molecule has 57 heavy (non-hydrogen) atoms. The Bertz CT molecular complexity index is 2840. The molecule has 275 valence electrons. The molecule has 0 N–H and O–H groups in total. The minimum atomic E-state index is -1.38. The zero-order valence-corrected chi connectivity index (χ0v) is 34.3. The van der Waals surface area contributed by atoms with Crippen LogP contribution in [-0.2, 0) is 10.8 Å². The molecule has 8 aromatic rings. The molecule has 3 aliphatic rings. The maximum atomic E-state index is 2.50. The highest BCUT2D eigenvalue weighted by atomic mass is 28.3. The van der Waals surface area contributed by atoms with Crippen molar-refractivity contribution in [1.82, 2.24) is 0 Å². The third kappa shape index (κ3) is 4.80. The van der Waals surface area contributed by atoms with Crippen molar-refractivity contribution < 1.29 is 0 Å². The zero-order chi connectivity index (χ0) is 38.7. The second-order valence-corrected chi connectivity index (χ2v) is 22.8.